The molecule has 0 bridgehead atoms. The number of benzene rings is 1. The number of aliphatic imine (C=N–C) groups is 1. The van der Waals surface area contributed by atoms with Crippen molar-refractivity contribution in [3.63, 3.8) is 0 Å². The van der Waals surface area contributed by atoms with Gasteiger partial charge in [0.15, 0.2) is 5.03 Å². The van der Waals surface area contributed by atoms with Crippen molar-refractivity contribution in [2.45, 2.75) is 57.3 Å². The highest BCUT2D eigenvalue weighted by Gasteiger charge is 2.43. The number of nitrogens with two attached hydrogens (primary N) is 1. The molecule has 4 rings (SSSR count). The first kappa shape index (κ1) is 25.9. The zero-order chi connectivity index (χ0) is 26.2. The number of alkyl halides is 3. The number of carbonyl (C=O) groups excluding carboxylic acids is 1. The maximum absolute atomic E-state index is 13.6. The number of likely N-dealkylation sites (N-methyl/N-ethyl adjacent to an activating group) is 1. The molecule has 2 aromatic rings. The summed E-state index contributed by atoms with van der Waals surface area (Å²) in [6.07, 6.45) is -0.322. The van der Waals surface area contributed by atoms with Gasteiger partial charge in [0, 0.05) is 49.0 Å². The van der Waals surface area contributed by atoms with E-state index in [2.05, 4.69) is 9.89 Å². The van der Waals surface area contributed by atoms with Gasteiger partial charge in [-0.25, -0.2) is 15.1 Å². The lowest BCUT2D eigenvalue weighted by Gasteiger charge is -2.45. The fraction of sp³-hybridized carbons (Fsp3) is 0.583. The monoisotopic (exact) mass is 508 g/mol. The second kappa shape index (κ2) is 10.1. The summed E-state index contributed by atoms with van der Waals surface area (Å²) in [6.45, 7) is 2.90. The number of nitrogens with one attached hydrogen (secondary N) is 1. The molecule has 3 N–H and O–H groups in total. The highest BCUT2D eigenvalue weighted by atomic mass is 19.4. The minimum atomic E-state index is -4.48. The van der Waals surface area contributed by atoms with Gasteiger partial charge in [0.1, 0.15) is 5.78 Å². The number of Topliss-reactive ketones (excluding diaryl/α,β-unsaturated/α-hetero) is 1. The third-order valence-corrected chi connectivity index (χ3v) is 7.47. The number of carbonyl (C=O) groups is 1. The largest absolute Gasteiger partial charge is 0.488 e. The van der Waals surface area contributed by atoms with Crippen molar-refractivity contribution in [2.24, 2.45) is 22.6 Å². The number of hydrogen-bond acceptors (Lipinski definition) is 5. The molecule has 0 amide bonds. The maximum atomic E-state index is 13.6. The van der Waals surface area contributed by atoms with Crippen LogP contribution in [0.2, 0.25) is 0 Å². The number of halogens is 3. The second-order valence-electron chi connectivity index (χ2n) is 10.0. The molecule has 36 heavy (non-hydrogen) atoms. The molecule has 196 valence electrons. The smallest absolute Gasteiger partial charge is 0.365 e. The number of ketones is 1. The van der Waals surface area contributed by atoms with Crippen LogP contribution < -0.4 is 11.2 Å². The highest BCUT2D eigenvalue weighted by molar-refractivity contribution is 5.89. The Labute approximate surface area is 206 Å². The molecule has 1 saturated heterocycles. The van der Waals surface area contributed by atoms with Crippen LogP contribution in [0.5, 0.6) is 0 Å². The third kappa shape index (κ3) is 5.32. The van der Waals surface area contributed by atoms with E-state index in [0.29, 0.717) is 54.3 Å². The van der Waals surface area contributed by atoms with Crippen molar-refractivity contribution in [3.8, 4) is 0 Å². The highest BCUT2D eigenvalue weighted by Crippen LogP contribution is 2.46. The van der Waals surface area contributed by atoms with E-state index in [1.54, 1.807) is 11.5 Å². The number of aromatic nitrogens is 1. The molecule has 1 aromatic carbocycles. The van der Waals surface area contributed by atoms with Gasteiger partial charge < -0.3 is 10.6 Å². The Morgan fingerprint density at radius 1 is 1.39 bits per heavy atom. The third-order valence-electron chi connectivity index (χ3n) is 7.47. The van der Waals surface area contributed by atoms with E-state index in [4.69, 9.17) is 5.73 Å². The van der Waals surface area contributed by atoms with Gasteiger partial charge in [-0.1, -0.05) is 24.5 Å². The summed E-state index contributed by atoms with van der Waals surface area (Å²) in [5.41, 5.74) is 8.97. The van der Waals surface area contributed by atoms with Crippen LogP contribution in [0.1, 0.15) is 49.7 Å². The Morgan fingerprint density at radius 3 is 2.83 bits per heavy atom. The lowest BCUT2D eigenvalue weighted by molar-refractivity contribution is -0.525. The molecule has 0 spiro atoms. The maximum Gasteiger partial charge on any atom is 0.488 e. The van der Waals surface area contributed by atoms with Crippen molar-refractivity contribution in [1.29, 1.82) is 0 Å². The second-order valence-corrected chi connectivity index (χ2v) is 10.0. The Bertz CT molecular complexity index is 1180. The van der Waals surface area contributed by atoms with Gasteiger partial charge in [-0.05, 0) is 55.8 Å². The topological polar surface area (TPSA) is 119 Å². The van der Waals surface area contributed by atoms with Crippen LogP contribution in [-0.2, 0) is 17.5 Å². The van der Waals surface area contributed by atoms with Gasteiger partial charge in [-0.3, -0.25) is 9.36 Å². The van der Waals surface area contributed by atoms with E-state index in [1.165, 1.54) is 12.3 Å². The van der Waals surface area contributed by atoms with Crippen LogP contribution >= 0.6 is 0 Å². The van der Waals surface area contributed by atoms with Crippen LogP contribution in [0, 0.1) is 22.0 Å². The summed E-state index contributed by atoms with van der Waals surface area (Å²) in [6, 6.07) is 5.16. The normalized spacial score (nSPS) is 23.4. The van der Waals surface area contributed by atoms with E-state index in [9.17, 15) is 28.1 Å². The molecule has 1 aromatic heterocycles. The van der Waals surface area contributed by atoms with Gasteiger partial charge in [0.2, 0.25) is 0 Å². The SMILES string of the molecule is C[C@H](CCCN=C(N)N[N+](=O)[O-])CC(=O)[C@@H]1C[C@@H]2c3cccc4c3c(cn4C(F)(F)F)C[C@H]2N(C)C1. The molecule has 0 radical (unpaired) electrons. The van der Waals surface area contributed by atoms with Crippen LogP contribution in [0.4, 0.5) is 13.2 Å². The van der Waals surface area contributed by atoms with E-state index < -0.39 is 11.3 Å². The van der Waals surface area contributed by atoms with Gasteiger partial charge >= 0.3 is 6.30 Å². The molecular weight excluding hydrogens is 477 g/mol. The lowest BCUT2D eigenvalue weighted by atomic mass is 9.71. The molecule has 0 saturated carbocycles. The molecule has 12 heteroatoms. The first-order chi connectivity index (χ1) is 17.0. The van der Waals surface area contributed by atoms with Crippen molar-refractivity contribution >= 4 is 22.6 Å². The summed E-state index contributed by atoms with van der Waals surface area (Å²) < 4.78 is 41.3. The first-order valence-corrected chi connectivity index (χ1v) is 12.1. The summed E-state index contributed by atoms with van der Waals surface area (Å²) in [7, 11) is 1.95. The summed E-state index contributed by atoms with van der Waals surface area (Å²) in [5, 5.41) is 10.2. The van der Waals surface area contributed by atoms with E-state index in [-0.39, 0.29) is 41.1 Å². The van der Waals surface area contributed by atoms with Crippen molar-refractivity contribution in [2.75, 3.05) is 20.1 Å². The zero-order valence-corrected chi connectivity index (χ0v) is 20.3. The predicted molar refractivity (Wildman–Crippen MR) is 129 cm³/mol. The number of nitro groups is 1. The number of likely N-dealkylation sites (tertiary alicyclic amines) is 1. The molecular formula is C24H31F3N6O3. The van der Waals surface area contributed by atoms with Crippen LogP contribution in [0.25, 0.3) is 10.9 Å². The Hall–Kier alpha value is -3.15. The Kier molecular flexibility index (Phi) is 7.26. The van der Waals surface area contributed by atoms with Gasteiger partial charge in [0.05, 0.1) is 5.52 Å². The van der Waals surface area contributed by atoms with Gasteiger partial charge in [-0.15, -0.1) is 13.2 Å². The molecule has 1 fully saturated rings. The summed E-state index contributed by atoms with van der Waals surface area (Å²) in [5.74, 6) is -0.156. The van der Waals surface area contributed by atoms with Crippen LogP contribution in [-0.4, -0.2) is 52.4 Å². The standard InChI is InChI=1S/C24H31F3N6O3/c1-14(5-4-8-29-23(28)30-33(35)36)9-21(34)15-10-18-17-6-3-7-19-22(17)16(11-20(18)31(2)12-15)13-32(19)24(25,26)27/h3,6-7,13-15,18,20H,4-5,8-12H2,1-2H3,(H3,28,29,30)/t14-,15-,18-,20-/m1/s1. The number of nitrogens with zero attached hydrogens (tertiary/aromatic N) is 4. The number of guanidine groups is 1. The number of hydrazine groups is 1. The number of piperidine rings is 1. The molecule has 2 heterocycles. The van der Waals surface area contributed by atoms with Crippen molar-refractivity contribution in [1.82, 2.24) is 14.9 Å². The van der Waals surface area contributed by atoms with Crippen molar-refractivity contribution in [3.05, 3.63) is 45.6 Å². The number of fused-ring (bicyclic) bond motifs is 2. The quantitative estimate of drug-likeness (QED) is 0.185. The van der Waals surface area contributed by atoms with E-state index in [0.717, 1.165) is 12.0 Å². The van der Waals surface area contributed by atoms with Gasteiger partial charge in [-0.2, -0.15) is 0 Å². The average molecular weight is 509 g/mol. The molecule has 9 nitrogen and oxygen atoms in total. The lowest BCUT2D eigenvalue weighted by Crippen LogP contribution is -2.49. The number of rotatable bonds is 8. The van der Waals surface area contributed by atoms with Crippen LogP contribution in [0.15, 0.2) is 29.4 Å². The van der Waals surface area contributed by atoms with E-state index in [1.807, 2.05) is 20.0 Å². The fourth-order valence-corrected chi connectivity index (χ4v) is 5.87. The molecule has 0 unspecified atom stereocenters. The number of hydrogen-bond donors (Lipinski definition) is 2. The average Bonchev–Trinajstić information content (AvgIpc) is 3.17. The predicted octanol–water partition coefficient (Wildman–Crippen LogP) is 3.55. The zero-order valence-electron chi connectivity index (χ0n) is 20.3. The van der Waals surface area contributed by atoms with Crippen molar-refractivity contribution < 1.29 is 23.0 Å². The summed E-state index contributed by atoms with van der Waals surface area (Å²) >= 11 is 0. The Morgan fingerprint density at radius 2 is 2.14 bits per heavy atom. The minimum absolute atomic E-state index is 0.000280. The summed E-state index contributed by atoms with van der Waals surface area (Å²) in [4.78, 5) is 29.6. The first-order valence-electron chi connectivity index (χ1n) is 12.1. The van der Waals surface area contributed by atoms with Crippen LogP contribution in [0.3, 0.4) is 0 Å². The molecule has 1 aliphatic heterocycles. The molecule has 1 aliphatic carbocycles. The molecule has 2 aliphatic rings. The van der Waals surface area contributed by atoms with Gasteiger partial charge in [0.25, 0.3) is 5.96 Å². The van der Waals surface area contributed by atoms with E-state index >= 15 is 0 Å². The fourth-order valence-electron chi connectivity index (χ4n) is 5.87. The molecule has 4 atom stereocenters. The Balaban J connectivity index is 1.42. The minimum Gasteiger partial charge on any atom is -0.365 e.